The molecule has 0 saturated carbocycles. The van der Waals surface area contributed by atoms with Crippen LogP contribution in [0.3, 0.4) is 0 Å². The lowest BCUT2D eigenvalue weighted by molar-refractivity contribution is -0.114. The van der Waals surface area contributed by atoms with Crippen molar-refractivity contribution in [1.29, 1.82) is 0 Å². The smallest absolute Gasteiger partial charge is 0.271 e. The Hall–Kier alpha value is -4.17. The maximum Gasteiger partial charge on any atom is 0.271 e. The van der Waals surface area contributed by atoms with Gasteiger partial charge in [0.05, 0.1) is 24.8 Å². The standard InChI is InChI=1S/C32H33N3O4S/c1-7-34(8-2)23-15-13-22(26(18-23)39-6)17-27-31(37)35-30(28(20(4)36)19(3)33-32(35)40-27)29-24-12-10-9-11-21(24)14-16-25(29)38-5/h9-18,30H,7-8H2,1-6H3/t30-/m0/s1. The van der Waals surface area contributed by atoms with E-state index in [0.717, 1.165) is 40.7 Å². The summed E-state index contributed by atoms with van der Waals surface area (Å²) in [5, 5.41) is 1.92. The Kier molecular flexibility index (Phi) is 7.63. The van der Waals surface area contributed by atoms with Crippen LogP contribution in [-0.4, -0.2) is 37.7 Å². The van der Waals surface area contributed by atoms with E-state index in [-0.39, 0.29) is 11.3 Å². The molecule has 206 valence electrons. The Morgan fingerprint density at radius 1 is 1.05 bits per heavy atom. The first-order valence-electron chi connectivity index (χ1n) is 13.3. The number of carbonyl (C=O) groups is 1. The highest BCUT2D eigenvalue weighted by molar-refractivity contribution is 7.07. The number of allylic oxidation sites excluding steroid dienone is 2. The van der Waals surface area contributed by atoms with Gasteiger partial charge in [0.2, 0.25) is 0 Å². The highest BCUT2D eigenvalue weighted by Crippen LogP contribution is 2.40. The van der Waals surface area contributed by atoms with Gasteiger partial charge in [0, 0.05) is 47.2 Å². The van der Waals surface area contributed by atoms with Crippen LogP contribution in [0.5, 0.6) is 11.5 Å². The van der Waals surface area contributed by atoms with Crippen LogP contribution in [0.1, 0.15) is 44.9 Å². The van der Waals surface area contributed by atoms with E-state index < -0.39 is 6.04 Å². The minimum absolute atomic E-state index is 0.135. The van der Waals surface area contributed by atoms with Gasteiger partial charge in [-0.2, -0.15) is 0 Å². The molecule has 3 aromatic carbocycles. The highest BCUT2D eigenvalue weighted by Gasteiger charge is 2.33. The third-order valence-electron chi connectivity index (χ3n) is 7.46. The number of anilines is 1. The molecule has 7 nitrogen and oxygen atoms in total. The van der Waals surface area contributed by atoms with Crippen molar-refractivity contribution in [2.45, 2.75) is 33.7 Å². The number of fused-ring (bicyclic) bond motifs is 2. The van der Waals surface area contributed by atoms with Crippen LogP contribution in [0.25, 0.3) is 16.8 Å². The molecule has 1 aliphatic heterocycles. The van der Waals surface area contributed by atoms with Gasteiger partial charge < -0.3 is 14.4 Å². The van der Waals surface area contributed by atoms with Crippen LogP contribution in [0.4, 0.5) is 5.69 Å². The molecule has 0 N–H and O–H groups in total. The number of ether oxygens (including phenoxy) is 2. The zero-order chi connectivity index (χ0) is 28.6. The maximum atomic E-state index is 14.1. The summed E-state index contributed by atoms with van der Waals surface area (Å²) < 4.78 is 13.7. The third-order valence-corrected chi connectivity index (χ3v) is 8.44. The normalized spacial score (nSPS) is 15.2. The SMILES string of the molecule is CCN(CC)c1ccc(C=c2sc3n(c2=O)[C@H](c2c(OC)ccc4ccccc24)C(C(C)=O)=C(C)N=3)c(OC)c1. The number of hydrogen-bond acceptors (Lipinski definition) is 7. The number of hydrogen-bond donors (Lipinski definition) is 0. The fraction of sp³-hybridized carbons (Fsp3) is 0.281. The van der Waals surface area contributed by atoms with E-state index >= 15 is 0 Å². The molecule has 2 heterocycles. The molecule has 1 aromatic heterocycles. The van der Waals surface area contributed by atoms with Gasteiger partial charge >= 0.3 is 0 Å². The molecule has 0 aliphatic carbocycles. The number of Topliss-reactive ketones (excluding diaryl/α,β-unsaturated/α-hetero) is 1. The van der Waals surface area contributed by atoms with E-state index in [0.29, 0.717) is 32.1 Å². The van der Waals surface area contributed by atoms with Crippen molar-refractivity contribution in [3.05, 3.63) is 96.7 Å². The summed E-state index contributed by atoms with van der Waals surface area (Å²) in [6, 6.07) is 17.1. The Labute approximate surface area is 237 Å². The van der Waals surface area contributed by atoms with Gasteiger partial charge in [-0.25, -0.2) is 4.99 Å². The largest absolute Gasteiger partial charge is 0.496 e. The van der Waals surface area contributed by atoms with Gasteiger partial charge in [-0.15, -0.1) is 0 Å². The molecule has 0 fully saturated rings. The van der Waals surface area contributed by atoms with Crippen molar-refractivity contribution >= 4 is 39.7 Å². The fourth-order valence-electron chi connectivity index (χ4n) is 5.53. The molecule has 0 unspecified atom stereocenters. The predicted molar refractivity (Wildman–Crippen MR) is 162 cm³/mol. The Bertz CT molecular complexity index is 1830. The van der Waals surface area contributed by atoms with Gasteiger partial charge in [0.25, 0.3) is 5.56 Å². The minimum atomic E-state index is -0.677. The molecule has 8 heteroatoms. The monoisotopic (exact) mass is 555 g/mol. The number of methoxy groups -OCH3 is 2. The molecule has 40 heavy (non-hydrogen) atoms. The zero-order valence-electron chi connectivity index (χ0n) is 23.6. The average Bonchev–Trinajstić information content (AvgIpc) is 3.26. The van der Waals surface area contributed by atoms with Crippen LogP contribution in [0, 0.1) is 0 Å². The lowest BCUT2D eigenvalue weighted by atomic mass is 9.89. The van der Waals surface area contributed by atoms with Crippen LogP contribution < -0.4 is 29.3 Å². The van der Waals surface area contributed by atoms with Crippen molar-refractivity contribution in [2.75, 3.05) is 32.2 Å². The molecule has 4 aromatic rings. The predicted octanol–water partition coefficient (Wildman–Crippen LogP) is 4.84. The molecule has 1 atom stereocenters. The Morgan fingerprint density at radius 2 is 1.77 bits per heavy atom. The first-order chi connectivity index (χ1) is 19.3. The van der Waals surface area contributed by atoms with E-state index in [1.807, 2.05) is 67.6 Å². The molecule has 0 saturated heterocycles. The number of benzene rings is 3. The summed E-state index contributed by atoms with van der Waals surface area (Å²) in [6.07, 6.45) is 1.85. The molecule has 0 amide bonds. The minimum Gasteiger partial charge on any atom is -0.496 e. The van der Waals surface area contributed by atoms with Gasteiger partial charge in [-0.1, -0.05) is 41.7 Å². The molecular formula is C32H33N3O4S. The topological polar surface area (TPSA) is 73.1 Å². The Balaban J connectivity index is 1.77. The zero-order valence-corrected chi connectivity index (χ0v) is 24.5. The summed E-state index contributed by atoms with van der Waals surface area (Å²) in [5.41, 5.74) is 3.49. The van der Waals surface area contributed by atoms with Crippen LogP contribution in [0.15, 0.2) is 75.7 Å². The van der Waals surface area contributed by atoms with Gasteiger partial charge in [0.15, 0.2) is 10.6 Å². The van der Waals surface area contributed by atoms with Crippen LogP contribution in [0.2, 0.25) is 0 Å². The van der Waals surface area contributed by atoms with Crippen molar-refractivity contribution in [1.82, 2.24) is 4.57 Å². The van der Waals surface area contributed by atoms with E-state index in [1.165, 1.54) is 18.3 Å². The van der Waals surface area contributed by atoms with E-state index in [9.17, 15) is 9.59 Å². The maximum absolute atomic E-state index is 14.1. The molecule has 0 spiro atoms. The third kappa shape index (κ3) is 4.62. The second kappa shape index (κ2) is 11.1. The Morgan fingerprint density at radius 3 is 2.45 bits per heavy atom. The highest BCUT2D eigenvalue weighted by atomic mass is 32.1. The summed E-state index contributed by atoms with van der Waals surface area (Å²) in [4.78, 5) is 34.7. The second-order valence-corrected chi connectivity index (χ2v) is 10.6. The summed E-state index contributed by atoms with van der Waals surface area (Å²) in [5.74, 6) is 1.16. The number of aromatic nitrogens is 1. The number of rotatable bonds is 8. The van der Waals surface area contributed by atoms with E-state index in [2.05, 4.69) is 18.7 Å². The molecule has 0 radical (unpaired) electrons. The number of carbonyl (C=O) groups excluding carboxylic acids is 1. The number of thiazole rings is 1. The number of ketones is 1. The van der Waals surface area contributed by atoms with Crippen molar-refractivity contribution in [3.63, 3.8) is 0 Å². The first kappa shape index (κ1) is 27.4. The molecule has 0 bridgehead atoms. The van der Waals surface area contributed by atoms with E-state index in [1.54, 1.807) is 18.8 Å². The summed E-state index contributed by atoms with van der Waals surface area (Å²) in [7, 11) is 3.24. The number of nitrogens with zero attached hydrogens (tertiary/aromatic N) is 3. The van der Waals surface area contributed by atoms with Gasteiger partial charge in [0.1, 0.15) is 11.5 Å². The van der Waals surface area contributed by atoms with E-state index in [4.69, 9.17) is 14.5 Å². The first-order valence-corrected chi connectivity index (χ1v) is 14.2. The summed E-state index contributed by atoms with van der Waals surface area (Å²) in [6.45, 7) is 9.34. The van der Waals surface area contributed by atoms with Crippen molar-refractivity contribution in [2.24, 2.45) is 4.99 Å². The van der Waals surface area contributed by atoms with Crippen LogP contribution >= 0.6 is 11.3 Å². The summed E-state index contributed by atoms with van der Waals surface area (Å²) >= 11 is 1.31. The van der Waals surface area contributed by atoms with Gasteiger partial charge in [-0.3, -0.25) is 14.2 Å². The quantitative estimate of drug-likeness (QED) is 0.311. The average molecular weight is 556 g/mol. The lowest BCUT2D eigenvalue weighted by Crippen LogP contribution is -2.39. The second-order valence-electron chi connectivity index (χ2n) is 9.64. The van der Waals surface area contributed by atoms with Gasteiger partial charge in [-0.05, 0) is 62.7 Å². The van der Waals surface area contributed by atoms with Crippen LogP contribution in [-0.2, 0) is 4.79 Å². The lowest BCUT2D eigenvalue weighted by Gasteiger charge is -2.27. The van der Waals surface area contributed by atoms with Crippen molar-refractivity contribution in [3.8, 4) is 11.5 Å². The fourth-order valence-corrected chi connectivity index (χ4v) is 6.56. The molecule has 5 rings (SSSR count). The van der Waals surface area contributed by atoms with Crippen molar-refractivity contribution < 1.29 is 14.3 Å². The molecular weight excluding hydrogens is 522 g/mol. The molecule has 1 aliphatic rings.